The van der Waals surface area contributed by atoms with E-state index >= 15 is 0 Å². The standard InChI is InChI=1S/C24H20N4OS/c1-26-18-10-5-9-17(13-18)21-14-19-20(30-21)11-6-12-24(19)22(29)28(23(25)27-24)15-16-7-3-2-4-8-16/h2-5,7-10,13-14H,6,11-12,15H2,(H2,25,27). The molecule has 0 fully saturated rings. The fourth-order valence-corrected chi connectivity index (χ4v) is 5.63. The monoisotopic (exact) mass is 412 g/mol. The van der Waals surface area contributed by atoms with Crippen LogP contribution in [0, 0.1) is 6.57 Å². The molecule has 3 aromatic rings. The number of nitrogens with zero attached hydrogens (tertiary/aromatic N) is 3. The predicted molar refractivity (Wildman–Crippen MR) is 119 cm³/mol. The lowest BCUT2D eigenvalue weighted by Crippen LogP contribution is -2.43. The van der Waals surface area contributed by atoms with Crippen LogP contribution < -0.4 is 5.73 Å². The SMILES string of the molecule is [C-]#[N+]c1cccc(-c2cc3c(s2)CCCC32N=C(N)N(Cc3ccccc3)C2=O)c1. The van der Waals surface area contributed by atoms with Gasteiger partial charge < -0.3 is 5.73 Å². The fraction of sp³-hybridized carbons (Fsp3) is 0.208. The molecule has 5 nitrogen and oxygen atoms in total. The zero-order valence-corrected chi connectivity index (χ0v) is 17.2. The minimum Gasteiger partial charge on any atom is -0.369 e. The summed E-state index contributed by atoms with van der Waals surface area (Å²) in [5.41, 5.74) is 8.96. The molecule has 0 saturated heterocycles. The summed E-state index contributed by atoms with van der Waals surface area (Å²) in [6.45, 7) is 7.70. The number of thiophene rings is 1. The second-order valence-corrected chi connectivity index (χ2v) is 8.81. The van der Waals surface area contributed by atoms with Crippen molar-refractivity contribution in [1.82, 2.24) is 4.90 Å². The van der Waals surface area contributed by atoms with Gasteiger partial charge in [-0.2, -0.15) is 0 Å². The summed E-state index contributed by atoms with van der Waals surface area (Å²) < 4.78 is 0. The summed E-state index contributed by atoms with van der Waals surface area (Å²) >= 11 is 1.69. The van der Waals surface area contributed by atoms with Gasteiger partial charge in [-0.3, -0.25) is 9.69 Å². The van der Waals surface area contributed by atoms with E-state index in [1.807, 2.05) is 48.5 Å². The van der Waals surface area contributed by atoms with Gasteiger partial charge in [0.25, 0.3) is 5.91 Å². The van der Waals surface area contributed by atoms with E-state index in [1.165, 1.54) is 4.88 Å². The molecule has 1 atom stereocenters. The van der Waals surface area contributed by atoms with Crippen molar-refractivity contribution < 1.29 is 4.79 Å². The van der Waals surface area contributed by atoms with E-state index in [4.69, 9.17) is 17.3 Å². The van der Waals surface area contributed by atoms with Crippen LogP contribution in [0.3, 0.4) is 0 Å². The van der Waals surface area contributed by atoms with E-state index < -0.39 is 5.54 Å². The van der Waals surface area contributed by atoms with Crippen molar-refractivity contribution in [1.29, 1.82) is 0 Å². The fourth-order valence-electron chi connectivity index (χ4n) is 4.36. The molecule has 0 radical (unpaired) electrons. The zero-order chi connectivity index (χ0) is 20.7. The Hall–Kier alpha value is -3.43. The van der Waals surface area contributed by atoms with Crippen molar-refractivity contribution in [3.8, 4) is 10.4 Å². The molecule has 2 aromatic carbocycles. The molecule has 2 aliphatic rings. The highest BCUT2D eigenvalue weighted by atomic mass is 32.1. The molecule has 5 rings (SSSR count). The maximum Gasteiger partial charge on any atom is 0.262 e. The number of amides is 1. The first-order valence-electron chi connectivity index (χ1n) is 9.93. The van der Waals surface area contributed by atoms with Crippen molar-refractivity contribution in [3.05, 3.63) is 88.1 Å². The van der Waals surface area contributed by atoms with Gasteiger partial charge in [0.15, 0.2) is 17.2 Å². The first kappa shape index (κ1) is 18.6. The van der Waals surface area contributed by atoms with Gasteiger partial charge in [-0.15, -0.1) is 11.3 Å². The maximum absolute atomic E-state index is 13.6. The van der Waals surface area contributed by atoms with Gasteiger partial charge in [-0.05, 0) is 42.5 Å². The summed E-state index contributed by atoms with van der Waals surface area (Å²) in [6.07, 6.45) is 2.51. The third-order valence-corrected chi connectivity index (χ3v) is 7.07. The first-order valence-corrected chi connectivity index (χ1v) is 10.7. The summed E-state index contributed by atoms with van der Waals surface area (Å²) in [5, 5.41) is 0. The van der Waals surface area contributed by atoms with Crippen LogP contribution in [0.4, 0.5) is 5.69 Å². The van der Waals surface area contributed by atoms with Gasteiger partial charge in [0.05, 0.1) is 13.1 Å². The molecule has 6 heteroatoms. The minimum absolute atomic E-state index is 0.0379. The van der Waals surface area contributed by atoms with Crippen LogP contribution in [-0.4, -0.2) is 16.8 Å². The largest absolute Gasteiger partial charge is 0.369 e. The molecule has 30 heavy (non-hydrogen) atoms. The van der Waals surface area contributed by atoms with E-state index in [-0.39, 0.29) is 5.91 Å². The van der Waals surface area contributed by atoms with E-state index in [9.17, 15) is 4.79 Å². The molecule has 1 unspecified atom stereocenters. The molecular weight excluding hydrogens is 392 g/mol. The van der Waals surface area contributed by atoms with Crippen LogP contribution in [0.5, 0.6) is 0 Å². The highest BCUT2D eigenvalue weighted by molar-refractivity contribution is 7.15. The molecule has 0 bridgehead atoms. The lowest BCUT2D eigenvalue weighted by atomic mass is 9.80. The zero-order valence-electron chi connectivity index (χ0n) is 16.3. The Labute approximate surface area is 179 Å². The summed E-state index contributed by atoms with van der Waals surface area (Å²) in [6, 6.07) is 19.5. The van der Waals surface area contributed by atoms with Crippen LogP contribution >= 0.6 is 11.3 Å². The average molecular weight is 413 g/mol. The van der Waals surface area contributed by atoms with Crippen LogP contribution in [0.1, 0.15) is 28.8 Å². The van der Waals surface area contributed by atoms with E-state index in [0.29, 0.717) is 24.6 Å². The molecule has 2 heterocycles. The van der Waals surface area contributed by atoms with Gasteiger partial charge in [-0.25, -0.2) is 9.84 Å². The number of hydrogen-bond acceptors (Lipinski definition) is 4. The summed E-state index contributed by atoms with van der Waals surface area (Å²) in [4.78, 5) is 25.8. The Balaban J connectivity index is 1.53. The summed E-state index contributed by atoms with van der Waals surface area (Å²) in [7, 11) is 0. The number of rotatable bonds is 3. The number of aryl methyl sites for hydroxylation is 1. The molecular formula is C24H20N4OS. The maximum atomic E-state index is 13.6. The van der Waals surface area contributed by atoms with E-state index in [0.717, 1.165) is 34.4 Å². The Morgan fingerprint density at radius 2 is 2.00 bits per heavy atom. The average Bonchev–Trinajstić information content (AvgIpc) is 3.32. The van der Waals surface area contributed by atoms with Crippen molar-refractivity contribution in [3.63, 3.8) is 0 Å². The number of nitrogens with two attached hydrogens (primary N) is 1. The summed E-state index contributed by atoms with van der Waals surface area (Å²) in [5.74, 6) is 0.253. The minimum atomic E-state index is -0.918. The highest BCUT2D eigenvalue weighted by Crippen LogP contribution is 2.48. The molecule has 1 aliphatic heterocycles. The lowest BCUT2D eigenvalue weighted by Gasteiger charge is -2.30. The second kappa shape index (κ2) is 7.12. The third kappa shape index (κ3) is 2.90. The van der Waals surface area contributed by atoms with Crippen molar-refractivity contribution >= 4 is 28.9 Å². The van der Waals surface area contributed by atoms with Gasteiger partial charge >= 0.3 is 0 Å². The predicted octanol–water partition coefficient (Wildman–Crippen LogP) is 4.85. The molecule has 1 aliphatic carbocycles. The Morgan fingerprint density at radius 3 is 2.80 bits per heavy atom. The normalized spacial score (nSPS) is 20.2. The van der Waals surface area contributed by atoms with E-state index in [1.54, 1.807) is 22.3 Å². The smallest absolute Gasteiger partial charge is 0.262 e. The topological polar surface area (TPSA) is 63.0 Å². The van der Waals surface area contributed by atoms with Gasteiger partial charge in [-0.1, -0.05) is 48.5 Å². The van der Waals surface area contributed by atoms with Gasteiger partial charge in [0.1, 0.15) is 0 Å². The van der Waals surface area contributed by atoms with Crippen LogP contribution in [0.2, 0.25) is 0 Å². The van der Waals surface area contributed by atoms with Crippen LogP contribution in [-0.2, 0) is 23.3 Å². The number of carbonyl (C=O) groups excluding carboxylic acids is 1. The van der Waals surface area contributed by atoms with Crippen molar-refractivity contribution in [2.45, 2.75) is 31.3 Å². The molecule has 1 spiro atoms. The number of aliphatic imine (C=N–C) groups is 1. The van der Waals surface area contributed by atoms with Crippen molar-refractivity contribution in [2.75, 3.05) is 0 Å². The van der Waals surface area contributed by atoms with Crippen LogP contribution in [0.25, 0.3) is 15.3 Å². The van der Waals surface area contributed by atoms with E-state index in [2.05, 4.69) is 10.9 Å². The number of guanidine groups is 1. The number of carbonyl (C=O) groups is 1. The number of benzene rings is 2. The Kier molecular flexibility index (Phi) is 4.41. The molecule has 0 saturated carbocycles. The molecule has 2 N–H and O–H groups in total. The number of hydrogen-bond donors (Lipinski definition) is 1. The first-order chi connectivity index (χ1) is 14.6. The highest BCUT2D eigenvalue weighted by Gasteiger charge is 2.51. The molecule has 148 valence electrons. The van der Waals surface area contributed by atoms with Gasteiger partial charge in [0.2, 0.25) is 0 Å². The third-order valence-electron chi connectivity index (χ3n) is 5.82. The second-order valence-electron chi connectivity index (χ2n) is 7.67. The van der Waals surface area contributed by atoms with Crippen molar-refractivity contribution in [2.24, 2.45) is 10.7 Å². The number of fused-ring (bicyclic) bond motifs is 2. The van der Waals surface area contributed by atoms with Crippen LogP contribution in [0.15, 0.2) is 65.7 Å². The Bertz CT molecular complexity index is 1210. The molecule has 1 aromatic heterocycles. The molecule has 1 amide bonds. The quantitative estimate of drug-likeness (QED) is 0.625. The Morgan fingerprint density at radius 1 is 1.17 bits per heavy atom. The van der Waals surface area contributed by atoms with Gasteiger partial charge in [0, 0.05) is 15.3 Å². The lowest BCUT2D eigenvalue weighted by molar-refractivity contribution is -0.132.